The van der Waals surface area contributed by atoms with Crippen LogP contribution in [-0.4, -0.2) is 6.04 Å². The summed E-state index contributed by atoms with van der Waals surface area (Å²) in [5.41, 5.74) is 1.35. The fraction of sp³-hybridized carbons (Fsp3) is 0.429. The van der Waals surface area contributed by atoms with Crippen LogP contribution in [0.15, 0.2) is 16.8 Å². The Morgan fingerprint density at radius 1 is 1.80 bits per heavy atom. The van der Waals surface area contributed by atoms with E-state index in [-0.39, 0.29) is 0 Å². The van der Waals surface area contributed by atoms with Crippen LogP contribution >= 0.6 is 23.1 Å². The molecule has 1 heterocycles. The van der Waals surface area contributed by atoms with Gasteiger partial charge in [0.25, 0.3) is 0 Å². The fourth-order valence-corrected chi connectivity index (χ4v) is 1.56. The normalized spacial score (nSPS) is 13.4. The number of thiophene rings is 1. The number of halogens is 1. The van der Waals surface area contributed by atoms with Gasteiger partial charge in [0, 0.05) is 6.04 Å². The molecule has 0 saturated carbocycles. The van der Waals surface area contributed by atoms with E-state index < -0.39 is 0 Å². The highest BCUT2D eigenvalue weighted by molar-refractivity contribution is 7.07. The monoisotopic (exact) mass is 175 g/mol. The molecule has 1 N–H and O–H groups in total. The largest absolute Gasteiger partial charge is 0.230 e. The van der Waals surface area contributed by atoms with Crippen molar-refractivity contribution in [2.75, 3.05) is 0 Å². The van der Waals surface area contributed by atoms with Crippen LogP contribution in [0.5, 0.6) is 0 Å². The summed E-state index contributed by atoms with van der Waals surface area (Å²) >= 11 is 7.14. The highest BCUT2D eigenvalue weighted by atomic mass is 35.5. The first-order valence-electron chi connectivity index (χ1n) is 3.20. The smallest absolute Gasteiger partial charge is 0.0233 e. The van der Waals surface area contributed by atoms with Gasteiger partial charge >= 0.3 is 0 Å². The van der Waals surface area contributed by atoms with Gasteiger partial charge in [0.15, 0.2) is 0 Å². The summed E-state index contributed by atoms with van der Waals surface area (Å²) in [7, 11) is 0. The van der Waals surface area contributed by atoms with Gasteiger partial charge in [-0.3, -0.25) is 0 Å². The highest BCUT2D eigenvalue weighted by Crippen LogP contribution is 2.08. The Kier molecular flexibility index (Phi) is 3.19. The van der Waals surface area contributed by atoms with E-state index in [0.717, 1.165) is 6.42 Å². The second-order valence-electron chi connectivity index (χ2n) is 2.35. The van der Waals surface area contributed by atoms with E-state index in [9.17, 15) is 0 Å². The summed E-state index contributed by atoms with van der Waals surface area (Å²) in [6, 6.07) is 2.48. The van der Waals surface area contributed by atoms with Gasteiger partial charge < -0.3 is 0 Å². The minimum Gasteiger partial charge on any atom is -0.230 e. The van der Waals surface area contributed by atoms with Gasteiger partial charge in [-0.05, 0) is 47.5 Å². The zero-order chi connectivity index (χ0) is 7.40. The molecule has 56 valence electrons. The van der Waals surface area contributed by atoms with Crippen LogP contribution in [0.25, 0.3) is 0 Å². The van der Waals surface area contributed by atoms with E-state index >= 15 is 0 Å². The number of nitrogens with one attached hydrogen (secondary N) is 1. The van der Waals surface area contributed by atoms with Crippen molar-refractivity contribution in [2.24, 2.45) is 0 Å². The van der Waals surface area contributed by atoms with Crippen LogP contribution in [0.1, 0.15) is 12.5 Å². The van der Waals surface area contributed by atoms with Crippen LogP contribution in [-0.2, 0) is 6.42 Å². The van der Waals surface area contributed by atoms with E-state index in [0.29, 0.717) is 6.04 Å². The van der Waals surface area contributed by atoms with E-state index in [4.69, 9.17) is 11.8 Å². The maximum Gasteiger partial charge on any atom is 0.0233 e. The molecule has 10 heavy (non-hydrogen) atoms. The molecular weight excluding hydrogens is 166 g/mol. The van der Waals surface area contributed by atoms with Crippen LogP contribution in [0.2, 0.25) is 0 Å². The van der Waals surface area contributed by atoms with Gasteiger partial charge in [0.1, 0.15) is 0 Å². The zero-order valence-electron chi connectivity index (χ0n) is 5.80. The average Bonchev–Trinajstić information content (AvgIpc) is 2.40. The molecule has 0 aromatic carbocycles. The minimum atomic E-state index is 0.358. The standard InChI is InChI=1S/C7H10ClNS/c1-6(9-8)4-7-2-3-10-5-7/h2-3,5-6,9H,4H2,1H3. The molecule has 0 spiro atoms. The molecule has 1 aromatic heterocycles. The van der Waals surface area contributed by atoms with Crippen LogP contribution < -0.4 is 4.84 Å². The van der Waals surface area contributed by atoms with Gasteiger partial charge in [-0.25, -0.2) is 4.84 Å². The molecule has 0 aliphatic heterocycles. The third-order valence-electron chi connectivity index (χ3n) is 1.31. The molecule has 1 unspecified atom stereocenters. The molecular formula is C7H10ClNS. The maximum absolute atomic E-state index is 5.42. The molecule has 1 rings (SSSR count). The van der Waals surface area contributed by atoms with Crippen molar-refractivity contribution in [1.82, 2.24) is 4.84 Å². The van der Waals surface area contributed by atoms with Crippen molar-refractivity contribution in [3.05, 3.63) is 22.4 Å². The summed E-state index contributed by atoms with van der Waals surface area (Å²) in [6.07, 6.45) is 1.01. The Balaban J connectivity index is 2.40. The Bertz CT molecular complexity index is 174. The Morgan fingerprint density at radius 3 is 3.10 bits per heavy atom. The first-order chi connectivity index (χ1) is 4.83. The average molecular weight is 176 g/mol. The summed E-state index contributed by atoms with van der Waals surface area (Å²) in [4.78, 5) is 2.68. The van der Waals surface area contributed by atoms with E-state index in [1.165, 1.54) is 5.56 Å². The second-order valence-corrected chi connectivity index (χ2v) is 3.34. The lowest BCUT2D eigenvalue weighted by molar-refractivity contribution is 0.683. The molecule has 1 atom stereocenters. The fourth-order valence-electron chi connectivity index (χ4n) is 0.801. The van der Waals surface area contributed by atoms with E-state index in [1.807, 2.05) is 0 Å². The van der Waals surface area contributed by atoms with Crippen LogP contribution in [0.4, 0.5) is 0 Å². The zero-order valence-corrected chi connectivity index (χ0v) is 7.38. The Morgan fingerprint density at radius 2 is 2.60 bits per heavy atom. The van der Waals surface area contributed by atoms with E-state index in [2.05, 4.69) is 28.6 Å². The third kappa shape index (κ3) is 2.29. The number of hydrogen-bond donors (Lipinski definition) is 1. The lowest BCUT2D eigenvalue weighted by atomic mass is 10.1. The molecule has 1 aromatic rings. The highest BCUT2D eigenvalue weighted by Gasteiger charge is 2.00. The van der Waals surface area contributed by atoms with Gasteiger partial charge in [0.2, 0.25) is 0 Å². The van der Waals surface area contributed by atoms with Crippen molar-refractivity contribution in [1.29, 1.82) is 0 Å². The molecule has 0 aliphatic rings. The van der Waals surface area contributed by atoms with Crippen molar-refractivity contribution >= 4 is 23.1 Å². The predicted molar refractivity (Wildman–Crippen MR) is 46.5 cm³/mol. The van der Waals surface area contributed by atoms with Crippen molar-refractivity contribution in [3.8, 4) is 0 Å². The number of rotatable bonds is 3. The molecule has 0 fully saturated rings. The first-order valence-corrected chi connectivity index (χ1v) is 4.52. The van der Waals surface area contributed by atoms with Gasteiger partial charge in [-0.2, -0.15) is 11.3 Å². The maximum atomic E-state index is 5.42. The molecule has 1 nitrogen and oxygen atoms in total. The molecule has 0 bridgehead atoms. The second kappa shape index (κ2) is 3.96. The van der Waals surface area contributed by atoms with Gasteiger partial charge in [-0.15, -0.1) is 0 Å². The third-order valence-corrected chi connectivity index (χ3v) is 2.41. The first kappa shape index (κ1) is 8.05. The van der Waals surface area contributed by atoms with Crippen LogP contribution in [0.3, 0.4) is 0 Å². The van der Waals surface area contributed by atoms with Crippen LogP contribution in [0, 0.1) is 0 Å². The summed E-state index contributed by atoms with van der Waals surface area (Å²) in [6.45, 7) is 2.06. The molecule has 0 saturated heterocycles. The Labute approximate surface area is 70.1 Å². The SMILES string of the molecule is CC(Cc1ccsc1)NCl. The lowest BCUT2D eigenvalue weighted by Gasteiger charge is -2.04. The number of hydrogen-bond acceptors (Lipinski definition) is 2. The van der Waals surface area contributed by atoms with E-state index in [1.54, 1.807) is 11.3 Å². The molecule has 0 amide bonds. The van der Waals surface area contributed by atoms with Crippen molar-refractivity contribution in [3.63, 3.8) is 0 Å². The Hall–Kier alpha value is -0.0500. The summed E-state index contributed by atoms with van der Waals surface area (Å²) in [5.74, 6) is 0. The molecule has 0 radical (unpaired) electrons. The topological polar surface area (TPSA) is 12.0 Å². The van der Waals surface area contributed by atoms with Gasteiger partial charge in [0.05, 0.1) is 0 Å². The van der Waals surface area contributed by atoms with Gasteiger partial charge in [-0.1, -0.05) is 0 Å². The predicted octanol–water partition coefficient (Wildman–Crippen LogP) is 2.42. The molecule has 3 heteroatoms. The van der Waals surface area contributed by atoms with Crippen molar-refractivity contribution < 1.29 is 0 Å². The lowest BCUT2D eigenvalue weighted by Crippen LogP contribution is -2.18. The molecule has 0 aliphatic carbocycles. The summed E-state index contributed by atoms with van der Waals surface area (Å²) < 4.78 is 0. The quantitative estimate of drug-likeness (QED) is 0.696. The van der Waals surface area contributed by atoms with Crippen molar-refractivity contribution in [2.45, 2.75) is 19.4 Å². The minimum absolute atomic E-state index is 0.358. The summed E-state index contributed by atoms with van der Waals surface area (Å²) in [5, 5.41) is 4.22.